The number of nitrogens with zero attached hydrogens (tertiary/aromatic N) is 2. The first kappa shape index (κ1) is 13.8. The standard InChI is InChI=1S/C14H16N4O2/c1-9-16-6-5-11(18-9)8-17-13-7-10(14(19)20-2)3-4-12(13)15/h3-7,17H,8,15H2,1-2H3. The summed E-state index contributed by atoms with van der Waals surface area (Å²) in [5.74, 6) is 0.312. The number of hydrogen-bond donors (Lipinski definition) is 2. The van der Waals surface area contributed by atoms with Crippen LogP contribution in [0.1, 0.15) is 21.9 Å². The van der Waals surface area contributed by atoms with E-state index in [9.17, 15) is 4.79 Å². The summed E-state index contributed by atoms with van der Waals surface area (Å²) < 4.78 is 4.68. The number of aromatic nitrogens is 2. The molecule has 6 nitrogen and oxygen atoms in total. The van der Waals surface area contributed by atoms with Crippen molar-refractivity contribution in [2.24, 2.45) is 0 Å². The van der Waals surface area contributed by atoms with Gasteiger partial charge in [-0.25, -0.2) is 14.8 Å². The molecule has 0 fully saturated rings. The Morgan fingerprint density at radius 3 is 2.90 bits per heavy atom. The predicted octanol–water partition coefficient (Wildman–Crippen LogP) is 1.77. The minimum Gasteiger partial charge on any atom is -0.465 e. The molecule has 0 atom stereocenters. The lowest BCUT2D eigenvalue weighted by molar-refractivity contribution is 0.0601. The van der Waals surface area contributed by atoms with E-state index in [1.807, 2.05) is 13.0 Å². The van der Waals surface area contributed by atoms with Crippen LogP contribution < -0.4 is 11.1 Å². The van der Waals surface area contributed by atoms with Gasteiger partial charge in [0.25, 0.3) is 0 Å². The van der Waals surface area contributed by atoms with Crippen molar-refractivity contribution in [2.75, 3.05) is 18.2 Å². The Morgan fingerprint density at radius 1 is 1.40 bits per heavy atom. The number of methoxy groups -OCH3 is 1. The first-order valence-electron chi connectivity index (χ1n) is 6.10. The number of carbonyl (C=O) groups is 1. The summed E-state index contributed by atoms with van der Waals surface area (Å²) in [7, 11) is 1.34. The van der Waals surface area contributed by atoms with E-state index in [2.05, 4.69) is 20.0 Å². The number of esters is 1. The lowest BCUT2D eigenvalue weighted by Gasteiger charge is -2.10. The second-order valence-corrected chi connectivity index (χ2v) is 4.24. The van der Waals surface area contributed by atoms with Gasteiger partial charge < -0.3 is 15.8 Å². The number of nitrogen functional groups attached to an aromatic ring is 1. The van der Waals surface area contributed by atoms with Gasteiger partial charge in [0.15, 0.2) is 0 Å². The number of carbonyl (C=O) groups excluding carboxylic acids is 1. The minimum atomic E-state index is -0.397. The van der Waals surface area contributed by atoms with Crippen LogP contribution in [0.2, 0.25) is 0 Å². The Balaban J connectivity index is 2.14. The normalized spacial score (nSPS) is 10.1. The largest absolute Gasteiger partial charge is 0.465 e. The number of nitrogens with one attached hydrogen (secondary N) is 1. The minimum absolute atomic E-state index is 0.397. The summed E-state index contributed by atoms with van der Waals surface area (Å²) in [6, 6.07) is 6.77. The molecule has 0 saturated carbocycles. The molecule has 0 saturated heterocycles. The van der Waals surface area contributed by atoms with Crippen molar-refractivity contribution >= 4 is 17.3 Å². The van der Waals surface area contributed by atoms with Crippen LogP contribution in [-0.4, -0.2) is 23.0 Å². The molecule has 3 N–H and O–H groups in total. The maximum atomic E-state index is 11.5. The van der Waals surface area contributed by atoms with E-state index in [4.69, 9.17) is 5.73 Å². The van der Waals surface area contributed by atoms with Crippen LogP contribution in [0.4, 0.5) is 11.4 Å². The van der Waals surface area contributed by atoms with Gasteiger partial charge in [0.2, 0.25) is 0 Å². The molecule has 1 aromatic heterocycles. The van der Waals surface area contributed by atoms with Gasteiger partial charge in [-0.2, -0.15) is 0 Å². The van der Waals surface area contributed by atoms with Crippen LogP contribution in [0.3, 0.4) is 0 Å². The molecular weight excluding hydrogens is 256 g/mol. The molecule has 2 aromatic rings. The molecule has 0 aliphatic heterocycles. The van der Waals surface area contributed by atoms with Crippen molar-refractivity contribution in [3.8, 4) is 0 Å². The highest BCUT2D eigenvalue weighted by atomic mass is 16.5. The molecule has 0 spiro atoms. The summed E-state index contributed by atoms with van der Waals surface area (Å²) in [6.45, 7) is 2.33. The van der Waals surface area contributed by atoms with Gasteiger partial charge in [-0.05, 0) is 31.2 Å². The summed E-state index contributed by atoms with van der Waals surface area (Å²) in [5.41, 5.74) is 8.40. The Morgan fingerprint density at radius 2 is 2.20 bits per heavy atom. The molecule has 0 radical (unpaired) electrons. The topological polar surface area (TPSA) is 90.1 Å². The van der Waals surface area contributed by atoms with Gasteiger partial charge in [-0.1, -0.05) is 0 Å². The zero-order chi connectivity index (χ0) is 14.5. The quantitative estimate of drug-likeness (QED) is 0.651. The van der Waals surface area contributed by atoms with Crippen LogP contribution in [0.15, 0.2) is 30.5 Å². The maximum absolute atomic E-state index is 11.5. The van der Waals surface area contributed by atoms with Crippen molar-refractivity contribution in [2.45, 2.75) is 13.5 Å². The molecule has 6 heteroatoms. The molecule has 0 aliphatic rings. The fraction of sp³-hybridized carbons (Fsp3) is 0.214. The zero-order valence-electron chi connectivity index (χ0n) is 11.4. The van der Waals surface area contributed by atoms with E-state index in [1.54, 1.807) is 24.4 Å². The van der Waals surface area contributed by atoms with Crippen molar-refractivity contribution < 1.29 is 9.53 Å². The fourth-order valence-corrected chi connectivity index (χ4v) is 1.74. The molecule has 20 heavy (non-hydrogen) atoms. The van der Waals surface area contributed by atoms with Gasteiger partial charge in [0.05, 0.1) is 36.3 Å². The Hall–Kier alpha value is -2.63. The fourth-order valence-electron chi connectivity index (χ4n) is 1.74. The Bertz CT molecular complexity index is 628. The second-order valence-electron chi connectivity index (χ2n) is 4.24. The van der Waals surface area contributed by atoms with Crippen molar-refractivity contribution in [1.29, 1.82) is 0 Å². The van der Waals surface area contributed by atoms with Crippen LogP contribution in [-0.2, 0) is 11.3 Å². The third-order valence-electron chi connectivity index (χ3n) is 2.77. The highest BCUT2D eigenvalue weighted by Crippen LogP contribution is 2.21. The number of ether oxygens (including phenoxy) is 1. The molecule has 1 heterocycles. The van der Waals surface area contributed by atoms with Gasteiger partial charge >= 0.3 is 5.97 Å². The van der Waals surface area contributed by atoms with E-state index in [0.717, 1.165) is 5.69 Å². The van der Waals surface area contributed by atoms with Gasteiger partial charge in [0.1, 0.15) is 5.82 Å². The van der Waals surface area contributed by atoms with E-state index in [1.165, 1.54) is 7.11 Å². The number of aryl methyl sites for hydroxylation is 1. The third-order valence-corrected chi connectivity index (χ3v) is 2.77. The van der Waals surface area contributed by atoms with E-state index >= 15 is 0 Å². The SMILES string of the molecule is COC(=O)c1ccc(N)c(NCc2ccnc(C)n2)c1. The van der Waals surface area contributed by atoms with E-state index in [0.29, 0.717) is 29.3 Å². The lowest BCUT2D eigenvalue weighted by Crippen LogP contribution is -2.07. The first-order chi connectivity index (χ1) is 9.60. The Kier molecular flexibility index (Phi) is 4.14. The highest BCUT2D eigenvalue weighted by molar-refractivity contribution is 5.91. The molecule has 0 aliphatic carbocycles. The number of anilines is 2. The third kappa shape index (κ3) is 3.23. The number of hydrogen-bond acceptors (Lipinski definition) is 6. The van der Waals surface area contributed by atoms with Crippen LogP contribution in [0.5, 0.6) is 0 Å². The molecule has 0 amide bonds. The maximum Gasteiger partial charge on any atom is 0.337 e. The van der Waals surface area contributed by atoms with Crippen LogP contribution in [0, 0.1) is 6.92 Å². The molecule has 0 unspecified atom stereocenters. The second kappa shape index (κ2) is 6.01. The van der Waals surface area contributed by atoms with Gasteiger partial charge in [-0.3, -0.25) is 0 Å². The molecular formula is C14H16N4O2. The molecule has 104 valence electrons. The molecule has 0 bridgehead atoms. The highest BCUT2D eigenvalue weighted by Gasteiger charge is 2.08. The van der Waals surface area contributed by atoms with Crippen LogP contribution >= 0.6 is 0 Å². The zero-order valence-corrected chi connectivity index (χ0v) is 11.4. The number of nitrogens with two attached hydrogens (primary N) is 1. The Labute approximate surface area is 117 Å². The van der Waals surface area contributed by atoms with Crippen molar-refractivity contribution in [3.05, 3.63) is 47.5 Å². The van der Waals surface area contributed by atoms with Crippen molar-refractivity contribution in [1.82, 2.24) is 9.97 Å². The predicted molar refractivity (Wildman–Crippen MR) is 76.3 cm³/mol. The average Bonchev–Trinajstić information content (AvgIpc) is 2.45. The molecule has 2 rings (SSSR count). The monoisotopic (exact) mass is 272 g/mol. The average molecular weight is 272 g/mol. The summed E-state index contributed by atoms with van der Waals surface area (Å²) in [6.07, 6.45) is 1.70. The lowest BCUT2D eigenvalue weighted by atomic mass is 10.1. The van der Waals surface area contributed by atoms with Crippen LogP contribution in [0.25, 0.3) is 0 Å². The first-order valence-corrected chi connectivity index (χ1v) is 6.10. The van der Waals surface area contributed by atoms with Crippen molar-refractivity contribution in [3.63, 3.8) is 0 Å². The van der Waals surface area contributed by atoms with E-state index < -0.39 is 5.97 Å². The summed E-state index contributed by atoms with van der Waals surface area (Å²) in [4.78, 5) is 19.8. The summed E-state index contributed by atoms with van der Waals surface area (Å²) in [5, 5.41) is 3.15. The van der Waals surface area contributed by atoms with Gasteiger partial charge in [-0.15, -0.1) is 0 Å². The van der Waals surface area contributed by atoms with Gasteiger partial charge in [0, 0.05) is 6.20 Å². The summed E-state index contributed by atoms with van der Waals surface area (Å²) >= 11 is 0. The number of rotatable bonds is 4. The smallest absolute Gasteiger partial charge is 0.337 e. The molecule has 1 aromatic carbocycles. The number of benzene rings is 1. The van der Waals surface area contributed by atoms with E-state index in [-0.39, 0.29) is 0 Å².